The van der Waals surface area contributed by atoms with E-state index in [0.717, 1.165) is 23.5 Å². The zero-order valence-corrected chi connectivity index (χ0v) is 11.1. The molecule has 0 spiro atoms. The number of hydrogen-bond donors (Lipinski definition) is 1. The predicted molar refractivity (Wildman–Crippen MR) is 67.7 cm³/mol. The summed E-state index contributed by atoms with van der Waals surface area (Å²) in [6, 6.07) is 0. The Morgan fingerprint density at radius 3 is 2.65 bits per heavy atom. The molecule has 0 aliphatic heterocycles. The summed E-state index contributed by atoms with van der Waals surface area (Å²) in [7, 11) is 0. The van der Waals surface area contributed by atoms with Crippen LogP contribution >= 0.6 is 0 Å². The van der Waals surface area contributed by atoms with E-state index >= 15 is 0 Å². The Kier molecular flexibility index (Phi) is 3.91. The molecule has 0 saturated heterocycles. The molecule has 0 saturated carbocycles. The standard InChI is InChI=1S/C12H14F3N5/c1-3-4-16-11-17-5-8(2)10(19-11)20-7-9(6-18-20)12(13,14)15/h5-7H,3-4H2,1-2H3,(H,16,17,19). The molecule has 0 atom stereocenters. The van der Waals surface area contributed by atoms with E-state index in [1.165, 1.54) is 0 Å². The van der Waals surface area contributed by atoms with Gasteiger partial charge in [0, 0.05) is 24.5 Å². The maximum absolute atomic E-state index is 12.6. The number of halogens is 3. The predicted octanol–water partition coefficient (Wildman–Crippen LogP) is 2.81. The van der Waals surface area contributed by atoms with E-state index in [9.17, 15) is 13.2 Å². The SMILES string of the molecule is CCCNc1ncc(C)c(-n2cc(C(F)(F)F)cn2)n1. The maximum atomic E-state index is 12.6. The van der Waals surface area contributed by atoms with E-state index in [0.29, 0.717) is 23.9 Å². The number of aromatic nitrogens is 4. The molecule has 2 heterocycles. The second kappa shape index (κ2) is 5.48. The van der Waals surface area contributed by atoms with Gasteiger partial charge in [0.2, 0.25) is 5.95 Å². The van der Waals surface area contributed by atoms with Crippen LogP contribution in [0.5, 0.6) is 0 Å². The Hall–Kier alpha value is -2.12. The van der Waals surface area contributed by atoms with Crippen molar-refractivity contribution >= 4 is 5.95 Å². The molecule has 0 aliphatic rings. The largest absolute Gasteiger partial charge is 0.419 e. The van der Waals surface area contributed by atoms with Gasteiger partial charge in [-0.2, -0.15) is 23.3 Å². The molecule has 0 fully saturated rings. The summed E-state index contributed by atoms with van der Waals surface area (Å²) in [4.78, 5) is 8.26. The molecule has 0 bridgehead atoms. The van der Waals surface area contributed by atoms with Crippen LogP contribution in [0.15, 0.2) is 18.6 Å². The number of hydrogen-bond acceptors (Lipinski definition) is 4. The molecule has 1 N–H and O–H groups in total. The first-order valence-electron chi connectivity index (χ1n) is 6.11. The molecule has 0 aliphatic carbocycles. The summed E-state index contributed by atoms with van der Waals surface area (Å²) in [5.41, 5.74) is -0.164. The third-order valence-electron chi connectivity index (χ3n) is 2.61. The van der Waals surface area contributed by atoms with Crippen molar-refractivity contribution in [2.24, 2.45) is 0 Å². The van der Waals surface area contributed by atoms with Gasteiger partial charge < -0.3 is 5.32 Å². The topological polar surface area (TPSA) is 55.6 Å². The lowest BCUT2D eigenvalue weighted by atomic mass is 10.3. The Morgan fingerprint density at radius 2 is 2.05 bits per heavy atom. The molecule has 0 amide bonds. The van der Waals surface area contributed by atoms with Gasteiger partial charge in [0.05, 0.1) is 11.8 Å². The van der Waals surface area contributed by atoms with Crippen LogP contribution < -0.4 is 5.32 Å². The second-order valence-electron chi connectivity index (χ2n) is 4.30. The van der Waals surface area contributed by atoms with E-state index in [2.05, 4.69) is 20.4 Å². The average molecular weight is 285 g/mol. The molecular formula is C12H14F3N5. The number of anilines is 1. The zero-order valence-electron chi connectivity index (χ0n) is 11.1. The number of rotatable bonds is 4. The van der Waals surface area contributed by atoms with Crippen molar-refractivity contribution in [1.29, 1.82) is 0 Å². The van der Waals surface area contributed by atoms with Gasteiger partial charge in [-0.15, -0.1) is 0 Å². The Balaban J connectivity index is 2.34. The van der Waals surface area contributed by atoms with Crippen LogP contribution in [-0.4, -0.2) is 26.3 Å². The minimum absolute atomic E-state index is 0.328. The van der Waals surface area contributed by atoms with Crippen LogP contribution in [-0.2, 0) is 6.18 Å². The number of nitrogens with zero attached hydrogens (tertiary/aromatic N) is 4. The second-order valence-corrected chi connectivity index (χ2v) is 4.30. The summed E-state index contributed by atoms with van der Waals surface area (Å²) in [6.07, 6.45) is -0.274. The van der Waals surface area contributed by atoms with Crippen LogP contribution in [0, 0.1) is 6.92 Å². The Labute approximate surface area is 113 Å². The molecule has 8 heteroatoms. The highest BCUT2D eigenvalue weighted by Crippen LogP contribution is 2.29. The van der Waals surface area contributed by atoms with Crippen molar-refractivity contribution in [1.82, 2.24) is 19.7 Å². The van der Waals surface area contributed by atoms with Crippen molar-refractivity contribution in [3.8, 4) is 5.82 Å². The minimum atomic E-state index is -4.41. The van der Waals surface area contributed by atoms with Crippen molar-refractivity contribution in [2.45, 2.75) is 26.4 Å². The van der Waals surface area contributed by atoms with Crippen molar-refractivity contribution in [3.63, 3.8) is 0 Å². The first-order valence-corrected chi connectivity index (χ1v) is 6.11. The Morgan fingerprint density at radius 1 is 1.30 bits per heavy atom. The molecule has 0 radical (unpaired) electrons. The third-order valence-corrected chi connectivity index (χ3v) is 2.61. The molecule has 2 aromatic heterocycles. The zero-order chi connectivity index (χ0) is 14.8. The summed E-state index contributed by atoms with van der Waals surface area (Å²) in [5, 5.41) is 6.70. The van der Waals surface area contributed by atoms with Crippen LogP contribution in [0.1, 0.15) is 24.5 Å². The smallest absolute Gasteiger partial charge is 0.354 e. The fraction of sp³-hybridized carbons (Fsp3) is 0.417. The van der Waals surface area contributed by atoms with Gasteiger partial charge >= 0.3 is 6.18 Å². The highest BCUT2D eigenvalue weighted by molar-refractivity contribution is 5.37. The van der Waals surface area contributed by atoms with E-state index in [1.54, 1.807) is 13.1 Å². The first-order chi connectivity index (χ1) is 9.41. The fourth-order valence-electron chi connectivity index (χ4n) is 1.57. The lowest BCUT2D eigenvalue weighted by molar-refractivity contribution is -0.137. The summed E-state index contributed by atoms with van der Waals surface area (Å²) in [6.45, 7) is 4.40. The van der Waals surface area contributed by atoms with E-state index in [4.69, 9.17) is 0 Å². The molecule has 5 nitrogen and oxygen atoms in total. The van der Waals surface area contributed by atoms with E-state index < -0.39 is 11.7 Å². The van der Waals surface area contributed by atoms with Crippen LogP contribution in [0.25, 0.3) is 5.82 Å². The van der Waals surface area contributed by atoms with E-state index in [-0.39, 0.29) is 0 Å². The summed E-state index contributed by atoms with van der Waals surface area (Å²) < 4.78 is 38.8. The molecule has 0 aromatic carbocycles. The van der Waals surface area contributed by atoms with Gasteiger partial charge in [-0.05, 0) is 13.3 Å². The summed E-state index contributed by atoms with van der Waals surface area (Å²) in [5.74, 6) is 0.700. The lowest BCUT2D eigenvalue weighted by Gasteiger charge is -2.08. The first kappa shape index (κ1) is 14.3. The van der Waals surface area contributed by atoms with Gasteiger partial charge in [-0.1, -0.05) is 6.92 Å². The highest BCUT2D eigenvalue weighted by atomic mass is 19.4. The molecule has 2 rings (SSSR count). The molecule has 2 aromatic rings. The van der Waals surface area contributed by atoms with Gasteiger partial charge in [0.15, 0.2) is 5.82 Å². The monoisotopic (exact) mass is 285 g/mol. The van der Waals surface area contributed by atoms with Crippen molar-refractivity contribution in [2.75, 3.05) is 11.9 Å². The van der Waals surface area contributed by atoms with Gasteiger partial charge in [-0.3, -0.25) is 0 Å². The van der Waals surface area contributed by atoms with Crippen molar-refractivity contribution < 1.29 is 13.2 Å². The van der Waals surface area contributed by atoms with Gasteiger partial charge in [0.1, 0.15) is 0 Å². The van der Waals surface area contributed by atoms with Gasteiger partial charge in [-0.25, -0.2) is 9.67 Å². The van der Waals surface area contributed by atoms with Crippen LogP contribution in [0.2, 0.25) is 0 Å². The highest BCUT2D eigenvalue weighted by Gasteiger charge is 2.32. The van der Waals surface area contributed by atoms with Crippen LogP contribution in [0.4, 0.5) is 19.1 Å². The quantitative estimate of drug-likeness (QED) is 0.938. The number of aryl methyl sites for hydroxylation is 1. The van der Waals surface area contributed by atoms with E-state index in [1.807, 2.05) is 6.92 Å². The average Bonchev–Trinajstić information content (AvgIpc) is 2.87. The minimum Gasteiger partial charge on any atom is -0.354 e. The van der Waals surface area contributed by atoms with Crippen LogP contribution in [0.3, 0.4) is 0 Å². The molecule has 0 unspecified atom stereocenters. The third kappa shape index (κ3) is 3.06. The number of alkyl halides is 3. The number of nitrogens with one attached hydrogen (secondary N) is 1. The lowest BCUT2D eigenvalue weighted by Crippen LogP contribution is -2.09. The molecule has 20 heavy (non-hydrogen) atoms. The summed E-state index contributed by atoms with van der Waals surface area (Å²) >= 11 is 0. The van der Waals surface area contributed by atoms with Gasteiger partial charge in [0.25, 0.3) is 0 Å². The molecular weight excluding hydrogens is 271 g/mol. The van der Waals surface area contributed by atoms with Crippen molar-refractivity contribution in [3.05, 3.63) is 29.7 Å². The molecule has 108 valence electrons. The normalized spacial score (nSPS) is 11.7. The fourth-order valence-corrected chi connectivity index (χ4v) is 1.57. The maximum Gasteiger partial charge on any atom is 0.419 e. The Bertz CT molecular complexity index is 591.